The Balaban J connectivity index is 2.33. The molecule has 5 nitrogen and oxygen atoms in total. The number of rotatable bonds is 2. The zero-order valence-corrected chi connectivity index (χ0v) is 10.7. The standard InChI is InChI=1S/C11H11BrFNO4/c12-6-2-5(9(15)10(16)8(6)13)7-1-4(3-14-7)11(17)18/h2,4,7,14-16H,1,3H2,(H,17,18). The second-order valence-electron chi connectivity index (χ2n) is 4.19. The van der Waals surface area contributed by atoms with Crippen LogP contribution in [0.5, 0.6) is 11.5 Å². The Morgan fingerprint density at radius 3 is 2.67 bits per heavy atom. The molecule has 2 rings (SSSR count). The molecule has 18 heavy (non-hydrogen) atoms. The number of carboxylic acid groups (broad SMARTS) is 1. The molecule has 2 unspecified atom stereocenters. The summed E-state index contributed by atoms with van der Waals surface area (Å²) in [6, 6.07) is 0.917. The topological polar surface area (TPSA) is 89.8 Å². The van der Waals surface area contributed by atoms with Gasteiger partial charge in [0.2, 0.25) is 0 Å². The third kappa shape index (κ3) is 2.15. The van der Waals surface area contributed by atoms with Crippen molar-refractivity contribution in [2.75, 3.05) is 6.54 Å². The molecule has 98 valence electrons. The number of carboxylic acids is 1. The minimum Gasteiger partial charge on any atom is -0.504 e. The first-order valence-electron chi connectivity index (χ1n) is 5.27. The molecular formula is C11H11BrFNO4. The van der Waals surface area contributed by atoms with Crippen molar-refractivity contribution in [1.82, 2.24) is 5.32 Å². The number of halogens is 2. The van der Waals surface area contributed by atoms with E-state index in [4.69, 9.17) is 5.11 Å². The molecule has 0 aliphatic carbocycles. The summed E-state index contributed by atoms with van der Waals surface area (Å²) >= 11 is 2.93. The zero-order valence-electron chi connectivity index (χ0n) is 9.15. The number of phenols is 2. The summed E-state index contributed by atoms with van der Waals surface area (Å²) in [7, 11) is 0. The second kappa shape index (κ2) is 4.74. The maximum Gasteiger partial charge on any atom is 0.307 e. The van der Waals surface area contributed by atoms with Crippen molar-refractivity contribution >= 4 is 21.9 Å². The summed E-state index contributed by atoms with van der Waals surface area (Å²) in [6.07, 6.45) is 0.278. The Morgan fingerprint density at radius 2 is 2.11 bits per heavy atom. The molecule has 1 aliphatic rings. The van der Waals surface area contributed by atoms with Crippen molar-refractivity contribution in [2.45, 2.75) is 12.5 Å². The Bertz CT molecular complexity index is 508. The van der Waals surface area contributed by atoms with E-state index in [9.17, 15) is 19.4 Å². The van der Waals surface area contributed by atoms with Gasteiger partial charge in [-0.3, -0.25) is 4.79 Å². The van der Waals surface area contributed by atoms with Crippen LogP contribution in [0, 0.1) is 11.7 Å². The zero-order chi connectivity index (χ0) is 13.4. The molecule has 1 heterocycles. The lowest BCUT2D eigenvalue weighted by Crippen LogP contribution is -2.17. The first-order chi connectivity index (χ1) is 8.41. The highest BCUT2D eigenvalue weighted by Gasteiger charge is 2.33. The number of hydrogen-bond donors (Lipinski definition) is 4. The van der Waals surface area contributed by atoms with Crippen molar-refractivity contribution in [3.8, 4) is 11.5 Å². The highest BCUT2D eigenvalue weighted by molar-refractivity contribution is 9.10. The van der Waals surface area contributed by atoms with Gasteiger partial charge >= 0.3 is 5.97 Å². The first-order valence-corrected chi connectivity index (χ1v) is 6.07. The fraction of sp³-hybridized carbons (Fsp3) is 0.364. The lowest BCUT2D eigenvalue weighted by Gasteiger charge is -2.14. The Labute approximate surface area is 110 Å². The minimum atomic E-state index is -0.941. The molecule has 1 aliphatic heterocycles. The molecular weight excluding hydrogens is 309 g/mol. The van der Waals surface area contributed by atoms with E-state index in [0.717, 1.165) is 0 Å². The quantitative estimate of drug-likeness (QED) is 0.623. The third-order valence-corrected chi connectivity index (χ3v) is 3.63. The summed E-state index contributed by atoms with van der Waals surface area (Å²) in [6.45, 7) is 0.273. The molecule has 1 aromatic carbocycles. The Kier molecular flexibility index (Phi) is 3.45. The van der Waals surface area contributed by atoms with E-state index in [1.165, 1.54) is 6.07 Å². The third-order valence-electron chi connectivity index (χ3n) is 3.05. The smallest absolute Gasteiger partial charge is 0.307 e. The average molecular weight is 320 g/mol. The summed E-state index contributed by atoms with van der Waals surface area (Å²) in [5.74, 6) is -3.81. The number of nitrogens with one attached hydrogen (secondary N) is 1. The maximum atomic E-state index is 13.3. The van der Waals surface area contributed by atoms with E-state index < -0.39 is 35.2 Å². The van der Waals surface area contributed by atoms with Crippen LogP contribution >= 0.6 is 15.9 Å². The summed E-state index contributed by atoms with van der Waals surface area (Å²) in [4.78, 5) is 10.8. The molecule has 0 radical (unpaired) electrons. The molecule has 4 N–H and O–H groups in total. The van der Waals surface area contributed by atoms with Crippen LogP contribution in [0.3, 0.4) is 0 Å². The normalized spacial score (nSPS) is 23.2. The van der Waals surface area contributed by atoms with Crippen molar-refractivity contribution < 1.29 is 24.5 Å². The number of carbonyl (C=O) groups is 1. The van der Waals surface area contributed by atoms with Crippen molar-refractivity contribution in [2.24, 2.45) is 5.92 Å². The van der Waals surface area contributed by atoms with E-state index in [2.05, 4.69) is 21.2 Å². The van der Waals surface area contributed by atoms with Gasteiger partial charge in [0, 0.05) is 18.2 Å². The molecule has 1 saturated heterocycles. The van der Waals surface area contributed by atoms with E-state index in [-0.39, 0.29) is 23.0 Å². The molecule has 2 atom stereocenters. The van der Waals surface area contributed by atoms with E-state index >= 15 is 0 Å². The second-order valence-corrected chi connectivity index (χ2v) is 5.04. The monoisotopic (exact) mass is 319 g/mol. The van der Waals surface area contributed by atoms with Gasteiger partial charge < -0.3 is 20.6 Å². The van der Waals surface area contributed by atoms with Crippen molar-refractivity contribution in [3.05, 3.63) is 21.9 Å². The molecule has 7 heteroatoms. The highest BCUT2D eigenvalue weighted by atomic mass is 79.9. The fourth-order valence-electron chi connectivity index (χ4n) is 2.05. The molecule has 1 fully saturated rings. The van der Waals surface area contributed by atoms with Crippen LogP contribution in [0.4, 0.5) is 4.39 Å². The van der Waals surface area contributed by atoms with Crippen molar-refractivity contribution in [1.29, 1.82) is 0 Å². The number of hydrogen-bond acceptors (Lipinski definition) is 4. The van der Waals surface area contributed by atoms with Crippen LogP contribution in [0.25, 0.3) is 0 Å². The predicted molar refractivity (Wildman–Crippen MR) is 63.9 cm³/mol. The maximum absolute atomic E-state index is 13.3. The van der Waals surface area contributed by atoms with E-state index in [1.807, 2.05) is 0 Å². The number of aliphatic carboxylic acids is 1. The fourth-order valence-corrected chi connectivity index (χ4v) is 2.48. The van der Waals surface area contributed by atoms with Crippen LogP contribution in [-0.4, -0.2) is 27.8 Å². The molecule has 0 bridgehead atoms. The van der Waals surface area contributed by atoms with Gasteiger partial charge in [-0.15, -0.1) is 0 Å². The van der Waals surface area contributed by atoms with Gasteiger partial charge in [0.25, 0.3) is 0 Å². The number of aromatic hydroxyl groups is 2. The van der Waals surface area contributed by atoms with Gasteiger partial charge in [0.15, 0.2) is 17.3 Å². The van der Waals surface area contributed by atoms with Gasteiger partial charge in [-0.25, -0.2) is 4.39 Å². The molecule has 1 aromatic rings. The van der Waals surface area contributed by atoms with Crippen LogP contribution in [0.1, 0.15) is 18.0 Å². The van der Waals surface area contributed by atoms with Crippen molar-refractivity contribution in [3.63, 3.8) is 0 Å². The van der Waals surface area contributed by atoms with Gasteiger partial charge in [0.05, 0.1) is 10.4 Å². The van der Waals surface area contributed by atoms with Crippen LogP contribution in [0.2, 0.25) is 0 Å². The van der Waals surface area contributed by atoms with Crippen LogP contribution < -0.4 is 5.32 Å². The first kappa shape index (κ1) is 13.1. The molecule has 0 amide bonds. The highest BCUT2D eigenvalue weighted by Crippen LogP contribution is 2.42. The van der Waals surface area contributed by atoms with Gasteiger partial charge in [-0.05, 0) is 28.4 Å². The Hall–Kier alpha value is -1.34. The van der Waals surface area contributed by atoms with E-state index in [1.54, 1.807) is 0 Å². The van der Waals surface area contributed by atoms with Crippen LogP contribution in [0.15, 0.2) is 10.5 Å². The minimum absolute atomic E-state index is 0.0216. The number of phenolic OH excluding ortho intramolecular Hbond substituents is 2. The molecule has 0 saturated carbocycles. The SMILES string of the molecule is O=C(O)C1CNC(c2cc(Br)c(F)c(O)c2O)C1. The predicted octanol–water partition coefficient (Wildman–Crippen LogP) is 1.73. The Morgan fingerprint density at radius 1 is 1.44 bits per heavy atom. The molecule has 0 aromatic heterocycles. The van der Waals surface area contributed by atoms with Crippen LogP contribution in [-0.2, 0) is 4.79 Å². The number of benzene rings is 1. The lowest BCUT2D eigenvalue weighted by molar-refractivity contribution is -0.141. The van der Waals surface area contributed by atoms with Gasteiger partial charge in [-0.1, -0.05) is 0 Å². The summed E-state index contributed by atoms with van der Waals surface area (Å²) in [5, 5.41) is 30.9. The summed E-state index contributed by atoms with van der Waals surface area (Å²) in [5.41, 5.74) is 0.282. The average Bonchev–Trinajstić information content (AvgIpc) is 2.80. The summed E-state index contributed by atoms with van der Waals surface area (Å²) < 4.78 is 13.3. The van der Waals surface area contributed by atoms with E-state index in [0.29, 0.717) is 0 Å². The van der Waals surface area contributed by atoms with Gasteiger partial charge in [0.1, 0.15) is 0 Å². The lowest BCUT2D eigenvalue weighted by atomic mass is 9.99. The molecule has 0 spiro atoms. The van der Waals surface area contributed by atoms with Gasteiger partial charge in [-0.2, -0.15) is 0 Å². The largest absolute Gasteiger partial charge is 0.504 e.